The molecule has 0 spiro atoms. The largest absolute Gasteiger partial charge is 0.381 e. The van der Waals surface area contributed by atoms with E-state index in [9.17, 15) is 12.8 Å². The summed E-state index contributed by atoms with van der Waals surface area (Å²) in [5.41, 5.74) is 0. The fraction of sp³-hybridized carbons (Fsp3) is 0.647. The second-order valence-corrected chi connectivity index (χ2v) is 7.96. The Balaban J connectivity index is 2.31. The van der Waals surface area contributed by atoms with Gasteiger partial charge in [-0.2, -0.15) is 0 Å². The number of sulfonamides is 1. The van der Waals surface area contributed by atoms with Crippen LogP contribution in [0.15, 0.2) is 23.1 Å². The van der Waals surface area contributed by atoms with E-state index < -0.39 is 15.8 Å². The molecular formula is C17H27ClFNO3S. The summed E-state index contributed by atoms with van der Waals surface area (Å²) in [6.45, 7) is 5.80. The molecule has 1 atom stereocenters. The average molecular weight is 380 g/mol. The van der Waals surface area contributed by atoms with Crippen molar-refractivity contribution in [2.45, 2.75) is 50.8 Å². The Labute approximate surface area is 149 Å². The molecule has 0 aliphatic carbocycles. The Morgan fingerprint density at radius 1 is 1.29 bits per heavy atom. The monoisotopic (exact) mass is 379 g/mol. The second-order valence-electron chi connectivity index (χ2n) is 5.82. The predicted molar refractivity (Wildman–Crippen MR) is 95.3 cm³/mol. The van der Waals surface area contributed by atoms with Gasteiger partial charge in [-0.1, -0.05) is 44.7 Å². The molecule has 4 nitrogen and oxygen atoms in total. The molecule has 1 unspecified atom stereocenters. The lowest BCUT2D eigenvalue weighted by Gasteiger charge is -2.14. The second kappa shape index (κ2) is 11.0. The van der Waals surface area contributed by atoms with Crippen molar-refractivity contribution in [2.75, 3.05) is 19.8 Å². The summed E-state index contributed by atoms with van der Waals surface area (Å²) in [6.07, 6.45) is 5.23. The van der Waals surface area contributed by atoms with Gasteiger partial charge in [0.25, 0.3) is 0 Å². The van der Waals surface area contributed by atoms with Gasteiger partial charge in [0.05, 0.1) is 5.02 Å². The van der Waals surface area contributed by atoms with Gasteiger partial charge in [-0.15, -0.1) is 0 Å². The van der Waals surface area contributed by atoms with Gasteiger partial charge in [0.1, 0.15) is 10.7 Å². The molecule has 1 N–H and O–H groups in total. The Morgan fingerprint density at radius 2 is 2.04 bits per heavy atom. The van der Waals surface area contributed by atoms with E-state index in [1.165, 1.54) is 19.3 Å². The highest BCUT2D eigenvalue weighted by Crippen LogP contribution is 2.21. The number of hydrogen-bond acceptors (Lipinski definition) is 3. The molecule has 0 saturated heterocycles. The fourth-order valence-corrected chi connectivity index (χ4v) is 3.90. The van der Waals surface area contributed by atoms with E-state index in [4.69, 9.17) is 16.3 Å². The maximum absolute atomic E-state index is 13.0. The topological polar surface area (TPSA) is 55.4 Å². The van der Waals surface area contributed by atoms with Gasteiger partial charge < -0.3 is 4.74 Å². The van der Waals surface area contributed by atoms with Crippen molar-refractivity contribution in [3.63, 3.8) is 0 Å². The zero-order valence-corrected chi connectivity index (χ0v) is 15.9. The van der Waals surface area contributed by atoms with Crippen molar-refractivity contribution in [1.82, 2.24) is 4.72 Å². The third-order valence-electron chi connectivity index (χ3n) is 3.84. The summed E-state index contributed by atoms with van der Waals surface area (Å²) >= 11 is 5.79. The van der Waals surface area contributed by atoms with Gasteiger partial charge in [0.15, 0.2) is 0 Å². The van der Waals surface area contributed by atoms with Gasteiger partial charge >= 0.3 is 0 Å². The van der Waals surface area contributed by atoms with Gasteiger partial charge in [-0.3, -0.25) is 0 Å². The summed E-state index contributed by atoms with van der Waals surface area (Å²) in [5.74, 6) is 0.000523. The quantitative estimate of drug-likeness (QED) is 0.548. The van der Waals surface area contributed by atoms with Gasteiger partial charge in [-0.25, -0.2) is 17.5 Å². The molecule has 1 aromatic carbocycles. The average Bonchev–Trinajstić information content (AvgIpc) is 2.53. The smallest absolute Gasteiger partial charge is 0.242 e. The molecule has 7 heteroatoms. The van der Waals surface area contributed by atoms with Crippen LogP contribution in [0.4, 0.5) is 4.39 Å². The molecule has 0 aliphatic heterocycles. The molecule has 0 fully saturated rings. The molecule has 0 bridgehead atoms. The molecule has 0 radical (unpaired) electrons. The van der Waals surface area contributed by atoms with Crippen molar-refractivity contribution >= 4 is 21.6 Å². The first kappa shape index (κ1) is 21.4. The molecule has 138 valence electrons. The van der Waals surface area contributed by atoms with Crippen LogP contribution >= 0.6 is 11.6 Å². The number of ether oxygens (including phenoxy) is 1. The van der Waals surface area contributed by atoms with Gasteiger partial charge in [0, 0.05) is 19.8 Å². The van der Waals surface area contributed by atoms with Crippen molar-refractivity contribution in [3.8, 4) is 0 Å². The van der Waals surface area contributed by atoms with Crippen molar-refractivity contribution in [1.29, 1.82) is 0 Å². The highest BCUT2D eigenvalue weighted by Gasteiger charge is 2.17. The van der Waals surface area contributed by atoms with E-state index in [0.717, 1.165) is 24.6 Å². The first-order valence-corrected chi connectivity index (χ1v) is 10.3. The normalized spacial score (nSPS) is 13.2. The van der Waals surface area contributed by atoms with Crippen LogP contribution in [0.2, 0.25) is 5.02 Å². The maximum atomic E-state index is 13.0. The number of nitrogens with one attached hydrogen (secondary N) is 1. The Bertz CT molecular complexity index is 595. The molecule has 0 saturated carbocycles. The van der Waals surface area contributed by atoms with Gasteiger partial charge in [0.2, 0.25) is 10.0 Å². The minimum atomic E-state index is -3.73. The Morgan fingerprint density at radius 3 is 2.67 bits per heavy atom. The Kier molecular flexibility index (Phi) is 9.81. The maximum Gasteiger partial charge on any atom is 0.242 e. The van der Waals surface area contributed by atoms with Crippen LogP contribution in [0.25, 0.3) is 0 Å². The first-order chi connectivity index (χ1) is 11.4. The van der Waals surface area contributed by atoms with E-state index in [-0.39, 0.29) is 16.5 Å². The van der Waals surface area contributed by atoms with E-state index in [0.29, 0.717) is 25.6 Å². The minimum absolute atomic E-state index is 0.114. The molecule has 0 heterocycles. The summed E-state index contributed by atoms with van der Waals surface area (Å²) in [7, 11) is -3.73. The zero-order chi connectivity index (χ0) is 18.0. The number of benzene rings is 1. The zero-order valence-electron chi connectivity index (χ0n) is 14.4. The minimum Gasteiger partial charge on any atom is -0.381 e. The lowest BCUT2D eigenvalue weighted by Crippen LogP contribution is -2.26. The highest BCUT2D eigenvalue weighted by molar-refractivity contribution is 7.89. The Hall–Kier alpha value is -0.690. The number of rotatable bonds is 12. The van der Waals surface area contributed by atoms with E-state index in [1.54, 1.807) is 0 Å². The third-order valence-corrected chi connectivity index (χ3v) is 5.78. The van der Waals surface area contributed by atoms with E-state index >= 15 is 0 Å². The van der Waals surface area contributed by atoms with E-state index in [1.807, 2.05) is 0 Å². The van der Waals surface area contributed by atoms with Crippen LogP contribution in [0.3, 0.4) is 0 Å². The van der Waals surface area contributed by atoms with Crippen LogP contribution < -0.4 is 4.72 Å². The van der Waals surface area contributed by atoms with Gasteiger partial charge in [-0.05, 0) is 37.0 Å². The molecular weight excluding hydrogens is 353 g/mol. The van der Waals surface area contributed by atoms with Crippen LogP contribution in [0, 0.1) is 11.7 Å². The molecule has 0 aliphatic rings. The van der Waals surface area contributed by atoms with E-state index in [2.05, 4.69) is 18.6 Å². The molecule has 0 aromatic heterocycles. The van der Waals surface area contributed by atoms with Crippen LogP contribution in [-0.2, 0) is 14.8 Å². The first-order valence-electron chi connectivity index (χ1n) is 8.43. The third kappa shape index (κ3) is 7.47. The molecule has 1 rings (SSSR count). The van der Waals surface area contributed by atoms with Crippen LogP contribution in [0.1, 0.15) is 46.0 Å². The van der Waals surface area contributed by atoms with Crippen molar-refractivity contribution in [2.24, 2.45) is 5.92 Å². The SMILES string of the molecule is CCCCC(CC)COCCCNS(=O)(=O)c1ccc(F)cc1Cl. The molecule has 24 heavy (non-hydrogen) atoms. The van der Waals surface area contributed by atoms with Crippen LogP contribution in [-0.4, -0.2) is 28.2 Å². The summed E-state index contributed by atoms with van der Waals surface area (Å²) in [6, 6.07) is 3.22. The lowest BCUT2D eigenvalue weighted by atomic mass is 10.0. The summed E-state index contributed by atoms with van der Waals surface area (Å²) in [5, 5.41) is -0.125. The standard InChI is InChI=1S/C17H27ClFNO3S/c1-3-5-7-14(4-2)13-23-11-6-10-20-24(21,22)17-9-8-15(19)12-16(17)18/h8-9,12,14,20H,3-7,10-11,13H2,1-2H3. The van der Waals surface area contributed by atoms with Crippen molar-refractivity contribution in [3.05, 3.63) is 29.0 Å². The molecule has 0 amide bonds. The number of unbranched alkanes of at least 4 members (excludes halogenated alkanes) is 1. The number of halogens is 2. The summed E-state index contributed by atoms with van der Waals surface area (Å²) < 4.78 is 45.3. The number of hydrogen-bond donors (Lipinski definition) is 1. The van der Waals surface area contributed by atoms with Crippen LogP contribution in [0.5, 0.6) is 0 Å². The predicted octanol–water partition coefficient (Wildman–Crippen LogP) is 4.38. The lowest BCUT2D eigenvalue weighted by molar-refractivity contribution is 0.0928. The fourth-order valence-electron chi connectivity index (χ4n) is 2.30. The molecule has 1 aromatic rings. The highest BCUT2D eigenvalue weighted by atomic mass is 35.5. The summed E-state index contributed by atoms with van der Waals surface area (Å²) in [4.78, 5) is -0.114. The van der Waals surface area contributed by atoms with Crippen molar-refractivity contribution < 1.29 is 17.5 Å².